The van der Waals surface area contributed by atoms with Gasteiger partial charge in [0, 0.05) is 5.57 Å². The minimum Gasteiger partial charge on any atom is -0.450 e. The van der Waals surface area contributed by atoms with Crippen LogP contribution in [0, 0.1) is 23.2 Å². The van der Waals surface area contributed by atoms with Crippen LogP contribution in [0.2, 0.25) is 0 Å². The van der Waals surface area contributed by atoms with E-state index in [-0.39, 0.29) is 12.4 Å². The third kappa shape index (κ3) is 4.18. The summed E-state index contributed by atoms with van der Waals surface area (Å²) in [6, 6.07) is 0. The van der Waals surface area contributed by atoms with Crippen LogP contribution in [0.25, 0.3) is 0 Å². The van der Waals surface area contributed by atoms with Crippen molar-refractivity contribution in [3.05, 3.63) is 12.2 Å². The normalized spacial score (nSPS) is 33.3. The zero-order valence-electron chi connectivity index (χ0n) is 14.6. The molecule has 4 rings (SSSR count). The lowest BCUT2D eigenvalue weighted by atomic mass is 9.49. The van der Waals surface area contributed by atoms with E-state index in [0.717, 1.165) is 24.2 Å². The molecular formula is C19H28O5. The number of hydrogen-bond acceptors (Lipinski definition) is 5. The molecule has 5 nitrogen and oxygen atoms in total. The minimum atomic E-state index is -0.598. The fraction of sp³-hybridized carbons (Fsp3) is 0.789. The van der Waals surface area contributed by atoms with Crippen LogP contribution in [-0.4, -0.2) is 31.9 Å². The topological polar surface area (TPSA) is 61.8 Å². The maximum Gasteiger partial charge on any atom is 0.346 e. The molecule has 5 heteroatoms. The Bertz CT molecular complexity index is 475. The molecule has 0 aromatic carbocycles. The summed E-state index contributed by atoms with van der Waals surface area (Å²) < 4.78 is 15.1. The zero-order chi connectivity index (χ0) is 17.2. The predicted molar refractivity (Wildman–Crippen MR) is 87.9 cm³/mol. The van der Waals surface area contributed by atoms with Crippen molar-refractivity contribution in [2.75, 3.05) is 20.0 Å². The Labute approximate surface area is 143 Å². The summed E-state index contributed by atoms with van der Waals surface area (Å²) in [4.78, 5) is 22.6. The van der Waals surface area contributed by atoms with Crippen molar-refractivity contribution in [1.82, 2.24) is 0 Å². The second-order valence-corrected chi connectivity index (χ2v) is 8.07. The van der Waals surface area contributed by atoms with E-state index in [1.54, 1.807) is 0 Å². The van der Waals surface area contributed by atoms with Gasteiger partial charge in [-0.2, -0.15) is 0 Å². The van der Waals surface area contributed by atoms with Gasteiger partial charge in [-0.1, -0.05) is 6.58 Å². The first-order chi connectivity index (χ1) is 11.5. The lowest BCUT2D eigenvalue weighted by Crippen LogP contribution is -2.46. The van der Waals surface area contributed by atoms with Crippen molar-refractivity contribution in [2.45, 2.75) is 51.9 Å². The van der Waals surface area contributed by atoms with Crippen molar-refractivity contribution in [3.63, 3.8) is 0 Å². The van der Waals surface area contributed by atoms with E-state index in [2.05, 4.69) is 6.58 Å². The second kappa shape index (κ2) is 7.26. The van der Waals surface area contributed by atoms with E-state index in [9.17, 15) is 9.59 Å². The Balaban J connectivity index is 1.30. The summed E-state index contributed by atoms with van der Waals surface area (Å²) in [5.41, 5.74) is 0.741. The van der Waals surface area contributed by atoms with Crippen molar-refractivity contribution < 1.29 is 23.8 Å². The Morgan fingerprint density at radius 1 is 1.04 bits per heavy atom. The van der Waals surface area contributed by atoms with Crippen molar-refractivity contribution >= 4 is 11.9 Å². The van der Waals surface area contributed by atoms with Gasteiger partial charge in [-0.05, 0) is 75.0 Å². The molecule has 0 amide bonds. The quantitative estimate of drug-likeness (QED) is 0.295. The molecule has 4 saturated carbocycles. The summed E-state index contributed by atoms with van der Waals surface area (Å²) in [5, 5.41) is 0. The third-order valence-electron chi connectivity index (χ3n) is 5.91. The van der Waals surface area contributed by atoms with Gasteiger partial charge in [-0.25, -0.2) is 9.59 Å². The highest BCUT2D eigenvalue weighted by atomic mass is 16.7. The number of rotatable bonds is 8. The fourth-order valence-corrected chi connectivity index (χ4v) is 5.34. The fourth-order valence-electron chi connectivity index (χ4n) is 5.34. The Hall–Kier alpha value is -1.36. The van der Waals surface area contributed by atoms with Gasteiger partial charge in [0.15, 0.2) is 13.4 Å². The maximum absolute atomic E-state index is 11.4. The van der Waals surface area contributed by atoms with Crippen LogP contribution in [0.5, 0.6) is 0 Å². The van der Waals surface area contributed by atoms with Gasteiger partial charge in [0.2, 0.25) is 0 Å². The van der Waals surface area contributed by atoms with Crippen molar-refractivity contribution in [3.8, 4) is 0 Å². The Morgan fingerprint density at radius 2 is 1.62 bits per heavy atom. The molecule has 0 aliphatic heterocycles. The van der Waals surface area contributed by atoms with E-state index in [0.29, 0.717) is 12.0 Å². The van der Waals surface area contributed by atoms with Crippen molar-refractivity contribution in [2.24, 2.45) is 23.2 Å². The van der Waals surface area contributed by atoms with E-state index in [4.69, 9.17) is 14.2 Å². The highest BCUT2D eigenvalue weighted by molar-refractivity contribution is 5.88. The molecule has 4 bridgehead atoms. The molecule has 0 spiro atoms. The molecule has 0 aromatic heterocycles. The first kappa shape index (κ1) is 17.5. The van der Waals surface area contributed by atoms with Crippen LogP contribution in [0.4, 0.5) is 0 Å². The number of esters is 2. The molecular weight excluding hydrogens is 308 g/mol. The average molecular weight is 336 g/mol. The molecule has 4 aliphatic carbocycles. The average Bonchev–Trinajstić information content (AvgIpc) is 2.50. The smallest absolute Gasteiger partial charge is 0.346 e. The number of carbonyl (C=O) groups is 2. The van der Waals surface area contributed by atoms with Gasteiger partial charge >= 0.3 is 11.9 Å². The molecule has 24 heavy (non-hydrogen) atoms. The summed E-state index contributed by atoms with van der Waals surface area (Å²) in [7, 11) is 0. The van der Waals surface area contributed by atoms with E-state index >= 15 is 0 Å². The highest BCUT2D eigenvalue weighted by Gasteiger charge is 2.50. The largest absolute Gasteiger partial charge is 0.450 e. The second-order valence-electron chi connectivity index (χ2n) is 8.07. The minimum absolute atomic E-state index is 0.0736. The monoisotopic (exact) mass is 336 g/mol. The molecule has 0 aromatic rings. The molecule has 0 N–H and O–H groups in total. The third-order valence-corrected chi connectivity index (χ3v) is 5.91. The molecule has 134 valence electrons. The molecule has 0 saturated heterocycles. The van der Waals surface area contributed by atoms with E-state index in [1.807, 2.05) is 0 Å². The predicted octanol–water partition coefficient (Wildman–Crippen LogP) is 3.23. The summed E-state index contributed by atoms with van der Waals surface area (Å²) in [5.74, 6) is 1.64. The number of ether oxygens (including phenoxy) is 3. The van der Waals surface area contributed by atoms with Gasteiger partial charge in [-0.3, -0.25) is 0 Å². The first-order valence-electron chi connectivity index (χ1n) is 9.02. The van der Waals surface area contributed by atoms with E-state index in [1.165, 1.54) is 45.4 Å². The van der Waals surface area contributed by atoms with Gasteiger partial charge in [0.1, 0.15) is 0 Å². The van der Waals surface area contributed by atoms with Gasteiger partial charge in [-0.15, -0.1) is 0 Å². The van der Waals surface area contributed by atoms with Gasteiger partial charge in [0.25, 0.3) is 0 Å². The zero-order valence-corrected chi connectivity index (χ0v) is 14.6. The number of hydrogen-bond donors (Lipinski definition) is 0. The SMILES string of the molecule is C=C(C)C(=O)OCC(=O)OCOCCC12CC3CC(CC(C3)C1)C2. The van der Waals surface area contributed by atoms with Crippen LogP contribution in [0.15, 0.2) is 12.2 Å². The molecule has 4 fully saturated rings. The Kier molecular flexibility index (Phi) is 5.28. The lowest BCUT2D eigenvalue weighted by Gasteiger charge is -2.57. The standard InChI is InChI=1S/C19H28O5/c1-13(2)18(21)23-11-17(20)24-12-22-4-3-19-8-14-5-15(9-19)7-16(6-14)10-19/h14-16H,1,3-12H2,2H3. The van der Waals surface area contributed by atoms with Crippen molar-refractivity contribution in [1.29, 1.82) is 0 Å². The van der Waals surface area contributed by atoms with Crippen LogP contribution in [-0.2, 0) is 23.8 Å². The van der Waals surface area contributed by atoms with E-state index < -0.39 is 18.5 Å². The maximum atomic E-state index is 11.4. The van der Waals surface area contributed by atoms with Gasteiger partial charge in [0.05, 0.1) is 6.61 Å². The van der Waals surface area contributed by atoms with Gasteiger partial charge < -0.3 is 14.2 Å². The summed E-state index contributed by atoms with van der Waals surface area (Å²) in [6.07, 6.45) is 9.48. The molecule has 0 unspecified atom stereocenters. The highest BCUT2D eigenvalue weighted by Crippen LogP contribution is 2.61. The summed E-state index contributed by atoms with van der Waals surface area (Å²) in [6.45, 7) is 5.13. The van der Waals surface area contributed by atoms with Crippen LogP contribution < -0.4 is 0 Å². The molecule has 0 heterocycles. The summed E-state index contributed by atoms with van der Waals surface area (Å²) >= 11 is 0. The first-order valence-corrected chi connectivity index (χ1v) is 9.02. The Morgan fingerprint density at radius 3 is 2.17 bits per heavy atom. The van der Waals surface area contributed by atoms with Crippen LogP contribution in [0.1, 0.15) is 51.9 Å². The molecule has 0 radical (unpaired) electrons. The number of carbonyl (C=O) groups excluding carboxylic acids is 2. The van der Waals surface area contributed by atoms with Crippen LogP contribution >= 0.6 is 0 Å². The van der Waals surface area contributed by atoms with Crippen LogP contribution in [0.3, 0.4) is 0 Å². The molecule has 0 atom stereocenters. The lowest BCUT2D eigenvalue weighted by molar-refractivity contribution is -0.167. The molecule has 4 aliphatic rings.